The van der Waals surface area contributed by atoms with Gasteiger partial charge >= 0.3 is 0 Å². The molecule has 4 rings (SSSR count). The third-order valence-corrected chi connectivity index (χ3v) is 5.60. The average molecular weight is 347 g/mol. The molecule has 1 aliphatic rings. The minimum Gasteiger partial charge on any atom is -0.381 e. The lowest BCUT2D eigenvalue weighted by molar-refractivity contribution is 0.587. The van der Waals surface area contributed by atoms with E-state index in [1.165, 1.54) is 65.5 Å². The molecule has 1 fully saturated rings. The molecule has 1 aliphatic carbocycles. The lowest BCUT2D eigenvalue weighted by Crippen LogP contribution is -2.15. The highest BCUT2D eigenvalue weighted by Gasteiger charge is 2.17. The van der Waals surface area contributed by atoms with Crippen molar-refractivity contribution in [3.63, 3.8) is 0 Å². The van der Waals surface area contributed by atoms with Crippen molar-refractivity contribution in [2.24, 2.45) is 5.92 Å². The maximum atomic E-state index is 3.85. The number of aryl methyl sites for hydroxylation is 1. The van der Waals surface area contributed by atoms with Crippen molar-refractivity contribution in [3.8, 4) is 11.3 Å². The molecule has 0 amide bonds. The zero-order chi connectivity index (χ0) is 17.9. The second-order valence-corrected chi connectivity index (χ2v) is 8.21. The van der Waals surface area contributed by atoms with E-state index in [1.807, 2.05) is 0 Å². The molecular formula is C24H30N2. The van der Waals surface area contributed by atoms with Crippen LogP contribution in [0.4, 0.5) is 5.69 Å². The molecule has 0 atom stereocenters. The molecule has 0 aliphatic heterocycles. The van der Waals surface area contributed by atoms with E-state index in [-0.39, 0.29) is 0 Å². The van der Waals surface area contributed by atoms with Gasteiger partial charge in [-0.25, -0.2) is 0 Å². The van der Waals surface area contributed by atoms with Gasteiger partial charge in [0.2, 0.25) is 0 Å². The smallest absolute Gasteiger partial charge is 0.0694 e. The SMILES string of the molecule is CC(C)CCc1cc(NC2CCCC2)c2[nH]c(-c3ccccc3)cc2c1. The van der Waals surface area contributed by atoms with Gasteiger partial charge in [-0.15, -0.1) is 0 Å². The Morgan fingerprint density at radius 1 is 1.04 bits per heavy atom. The van der Waals surface area contributed by atoms with Crippen LogP contribution >= 0.6 is 0 Å². The second kappa shape index (κ2) is 7.57. The molecule has 2 aromatic carbocycles. The summed E-state index contributed by atoms with van der Waals surface area (Å²) < 4.78 is 0. The standard InChI is InChI=1S/C24H30N2/c1-17(2)12-13-18-14-20-16-22(19-8-4-3-5-9-19)26-24(20)23(15-18)25-21-10-6-7-11-21/h3-5,8-9,14-17,21,25-26H,6-7,10-13H2,1-2H3. The highest BCUT2D eigenvalue weighted by atomic mass is 14.9. The van der Waals surface area contributed by atoms with E-state index in [1.54, 1.807) is 0 Å². The topological polar surface area (TPSA) is 27.8 Å². The van der Waals surface area contributed by atoms with Gasteiger partial charge in [0, 0.05) is 17.1 Å². The Hall–Kier alpha value is -2.22. The molecule has 0 saturated heterocycles. The summed E-state index contributed by atoms with van der Waals surface area (Å²) >= 11 is 0. The van der Waals surface area contributed by atoms with Crippen LogP contribution in [-0.2, 0) is 6.42 Å². The number of anilines is 1. The fourth-order valence-corrected chi connectivity index (χ4v) is 4.08. The van der Waals surface area contributed by atoms with E-state index in [0.29, 0.717) is 6.04 Å². The Kier molecular flexibility index (Phi) is 5.01. The maximum Gasteiger partial charge on any atom is 0.0694 e. The van der Waals surface area contributed by atoms with Crippen LogP contribution < -0.4 is 5.32 Å². The predicted octanol–water partition coefficient (Wildman–Crippen LogP) is 6.78. The van der Waals surface area contributed by atoms with E-state index in [4.69, 9.17) is 0 Å². The lowest BCUT2D eigenvalue weighted by atomic mass is 10.0. The molecule has 136 valence electrons. The number of hydrogen-bond acceptors (Lipinski definition) is 1. The number of hydrogen-bond donors (Lipinski definition) is 2. The van der Waals surface area contributed by atoms with Gasteiger partial charge in [0.05, 0.1) is 11.2 Å². The number of nitrogens with one attached hydrogen (secondary N) is 2. The Labute approximate surface area is 157 Å². The van der Waals surface area contributed by atoms with Crippen molar-refractivity contribution in [2.45, 2.75) is 58.4 Å². The third kappa shape index (κ3) is 3.80. The van der Waals surface area contributed by atoms with Gasteiger partial charge in [-0.05, 0) is 60.9 Å². The molecule has 1 heterocycles. The molecule has 26 heavy (non-hydrogen) atoms. The summed E-state index contributed by atoms with van der Waals surface area (Å²) in [5.74, 6) is 0.739. The van der Waals surface area contributed by atoms with Crippen LogP contribution in [0.3, 0.4) is 0 Å². The number of fused-ring (bicyclic) bond motifs is 1. The summed E-state index contributed by atoms with van der Waals surface area (Å²) in [6.45, 7) is 4.61. The molecule has 0 unspecified atom stereocenters. The van der Waals surface area contributed by atoms with Gasteiger partial charge in [-0.1, -0.05) is 57.0 Å². The number of rotatable bonds is 6. The van der Waals surface area contributed by atoms with Crippen molar-refractivity contribution in [2.75, 3.05) is 5.32 Å². The summed E-state index contributed by atoms with van der Waals surface area (Å²) in [5.41, 5.74) is 6.44. The minimum absolute atomic E-state index is 0.627. The van der Waals surface area contributed by atoms with Gasteiger partial charge in [0.15, 0.2) is 0 Å². The van der Waals surface area contributed by atoms with E-state index in [0.717, 1.165) is 12.3 Å². The number of H-pyrrole nitrogens is 1. The first kappa shape index (κ1) is 17.2. The Morgan fingerprint density at radius 2 is 1.81 bits per heavy atom. The number of benzene rings is 2. The van der Waals surface area contributed by atoms with Crippen molar-refractivity contribution >= 4 is 16.6 Å². The minimum atomic E-state index is 0.627. The van der Waals surface area contributed by atoms with Crippen LogP contribution in [0.1, 0.15) is 51.5 Å². The molecule has 3 aromatic rings. The summed E-state index contributed by atoms with van der Waals surface area (Å²) in [4.78, 5) is 3.68. The van der Waals surface area contributed by atoms with E-state index < -0.39 is 0 Å². The number of aromatic nitrogens is 1. The van der Waals surface area contributed by atoms with E-state index in [2.05, 4.69) is 72.7 Å². The molecule has 0 spiro atoms. The quantitative estimate of drug-likeness (QED) is 0.506. The maximum absolute atomic E-state index is 3.85. The first-order valence-electron chi connectivity index (χ1n) is 10.2. The van der Waals surface area contributed by atoms with Gasteiger partial charge in [0.1, 0.15) is 0 Å². The molecule has 0 bridgehead atoms. The fraction of sp³-hybridized carbons (Fsp3) is 0.417. The van der Waals surface area contributed by atoms with Crippen molar-refractivity contribution in [1.29, 1.82) is 0 Å². The Balaban J connectivity index is 1.72. The van der Waals surface area contributed by atoms with E-state index in [9.17, 15) is 0 Å². The summed E-state index contributed by atoms with van der Waals surface area (Å²) in [5, 5.41) is 5.17. The molecular weight excluding hydrogens is 316 g/mol. The molecule has 2 N–H and O–H groups in total. The van der Waals surface area contributed by atoms with Crippen molar-refractivity contribution < 1.29 is 0 Å². The zero-order valence-corrected chi connectivity index (χ0v) is 16.0. The van der Waals surface area contributed by atoms with Crippen LogP contribution in [0, 0.1) is 5.92 Å². The summed E-state index contributed by atoms with van der Waals surface area (Å²) in [7, 11) is 0. The van der Waals surface area contributed by atoms with Crippen LogP contribution in [0.15, 0.2) is 48.5 Å². The van der Waals surface area contributed by atoms with Gasteiger partial charge in [0.25, 0.3) is 0 Å². The average Bonchev–Trinajstić information content (AvgIpc) is 3.30. The Morgan fingerprint density at radius 3 is 2.54 bits per heavy atom. The monoisotopic (exact) mass is 346 g/mol. The normalized spacial score (nSPS) is 15.2. The van der Waals surface area contributed by atoms with Gasteiger partial charge in [-0.2, -0.15) is 0 Å². The van der Waals surface area contributed by atoms with Gasteiger partial charge < -0.3 is 10.3 Å². The molecule has 1 saturated carbocycles. The van der Waals surface area contributed by atoms with Crippen molar-refractivity contribution in [3.05, 3.63) is 54.1 Å². The van der Waals surface area contributed by atoms with E-state index >= 15 is 0 Å². The van der Waals surface area contributed by atoms with Gasteiger partial charge in [-0.3, -0.25) is 0 Å². The summed E-state index contributed by atoms with van der Waals surface area (Å²) in [6, 6.07) is 18.3. The highest BCUT2D eigenvalue weighted by Crippen LogP contribution is 2.33. The highest BCUT2D eigenvalue weighted by molar-refractivity contribution is 5.95. The third-order valence-electron chi connectivity index (χ3n) is 5.60. The number of aromatic amines is 1. The van der Waals surface area contributed by atoms with Crippen molar-refractivity contribution in [1.82, 2.24) is 4.98 Å². The van der Waals surface area contributed by atoms with Crippen LogP contribution in [-0.4, -0.2) is 11.0 Å². The first-order valence-corrected chi connectivity index (χ1v) is 10.2. The van der Waals surface area contributed by atoms with Crippen LogP contribution in [0.25, 0.3) is 22.2 Å². The van der Waals surface area contributed by atoms with Crippen LogP contribution in [0.5, 0.6) is 0 Å². The lowest BCUT2D eigenvalue weighted by Gasteiger charge is -2.16. The molecule has 2 heteroatoms. The fourth-order valence-electron chi connectivity index (χ4n) is 4.08. The largest absolute Gasteiger partial charge is 0.381 e. The Bertz CT molecular complexity index is 855. The molecule has 2 nitrogen and oxygen atoms in total. The predicted molar refractivity (Wildman–Crippen MR) is 113 cm³/mol. The first-order chi connectivity index (χ1) is 12.7. The summed E-state index contributed by atoms with van der Waals surface area (Å²) in [6.07, 6.45) is 7.69. The molecule has 0 radical (unpaired) electrons. The second-order valence-electron chi connectivity index (χ2n) is 8.21. The molecule has 1 aromatic heterocycles. The van der Waals surface area contributed by atoms with Crippen LogP contribution in [0.2, 0.25) is 0 Å². The zero-order valence-electron chi connectivity index (χ0n) is 16.0.